The zero-order valence-electron chi connectivity index (χ0n) is 40.0. The summed E-state index contributed by atoms with van der Waals surface area (Å²) in [7, 11) is 0. The summed E-state index contributed by atoms with van der Waals surface area (Å²) in [6, 6.07) is 0. The molecular weight excluding hydrogens is 853 g/mol. The molecule has 0 saturated carbocycles. The van der Waals surface area contributed by atoms with Crippen LogP contribution < -0.4 is 0 Å². The van der Waals surface area contributed by atoms with Crippen molar-refractivity contribution in [2.24, 2.45) is 0 Å². The number of hydrogen-bond acceptors (Lipinski definition) is 15. The summed E-state index contributed by atoms with van der Waals surface area (Å²) in [5, 5.41) is 72.0. The van der Waals surface area contributed by atoms with Gasteiger partial charge in [-0.25, -0.2) is 0 Å². The van der Waals surface area contributed by atoms with Gasteiger partial charge in [-0.3, -0.25) is 9.59 Å². The van der Waals surface area contributed by atoms with Crippen molar-refractivity contribution in [1.29, 1.82) is 0 Å². The fourth-order valence-electron chi connectivity index (χ4n) is 7.80. The molecule has 2 rings (SSSR count). The maximum absolute atomic E-state index is 13.0. The highest BCUT2D eigenvalue weighted by atomic mass is 16.7. The number of carbonyl (C=O) groups is 2. The lowest BCUT2D eigenvalue weighted by Crippen LogP contribution is -2.61. The van der Waals surface area contributed by atoms with Crippen molar-refractivity contribution >= 4 is 11.9 Å². The molecule has 2 aliphatic heterocycles. The summed E-state index contributed by atoms with van der Waals surface area (Å²) in [4.78, 5) is 25.7. The number of aliphatic hydroxyl groups is 7. The SMILES string of the molecule is C=CCCCCCCCCCCCCCCCC(=O)OC[C@H](CO[C@@H]1O[C@H](CO[C@@H]2O[C@H](CO)[C@H](O)C(O)C2O)[C@H](O)C(O)C1O)OC(=O)CCCCCCC/C=C/C/C=C/C/C=C/CC. The predicted molar refractivity (Wildman–Crippen MR) is 252 cm³/mol. The summed E-state index contributed by atoms with van der Waals surface area (Å²) in [6.07, 6.45) is 23.2. The Kier molecular flexibility index (Phi) is 34.6. The van der Waals surface area contributed by atoms with Gasteiger partial charge >= 0.3 is 11.9 Å². The number of esters is 2. The van der Waals surface area contributed by atoms with Crippen LogP contribution in [0.1, 0.15) is 167 Å². The van der Waals surface area contributed by atoms with Crippen LogP contribution in [-0.2, 0) is 38.0 Å². The summed E-state index contributed by atoms with van der Waals surface area (Å²) >= 11 is 0. The molecule has 15 heteroatoms. The molecule has 0 spiro atoms. The fraction of sp³-hybridized carbons (Fsp3) is 0.804. The molecule has 2 saturated heterocycles. The number of ether oxygens (including phenoxy) is 6. The van der Waals surface area contributed by atoms with Crippen LogP contribution in [0.25, 0.3) is 0 Å². The molecule has 7 N–H and O–H groups in total. The zero-order chi connectivity index (χ0) is 48.2. The number of hydrogen-bond donors (Lipinski definition) is 7. The molecule has 11 atom stereocenters. The van der Waals surface area contributed by atoms with Crippen molar-refractivity contribution in [2.45, 2.75) is 235 Å². The lowest BCUT2D eigenvalue weighted by Gasteiger charge is -2.42. The van der Waals surface area contributed by atoms with E-state index < -0.39 is 99.3 Å². The highest BCUT2D eigenvalue weighted by Crippen LogP contribution is 2.26. The molecule has 0 bridgehead atoms. The highest BCUT2D eigenvalue weighted by molar-refractivity contribution is 5.70. The third-order valence-corrected chi connectivity index (χ3v) is 11.9. The van der Waals surface area contributed by atoms with E-state index in [4.69, 9.17) is 28.4 Å². The highest BCUT2D eigenvalue weighted by Gasteiger charge is 2.47. The van der Waals surface area contributed by atoms with E-state index in [9.17, 15) is 45.3 Å². The summed E-state index contributed by atoms with van der Waals surface area (Å²) < 4.78 is 33.5. The minimum absolute atomic E-state index is 0.144. The van der Waals surface area contributed by atoms with E-state index in [0.29, 0.717) is 12.8 Å². The van der Waals surface area contributed by atoms with Crippen LogP contribution in [0.3, 0.4) is 0 Å². The Bertz CT molecular complexity index is 1320. The molecule has 0 aliphatic carbocycles. The lowest BCUT2D eigenvalue weighted by molar-refractivity contribution is -0.332. The fourth-order valence-corrected chi connectivity index (χ4v) is 7.80. The second-order valence-corrected chi connectivity index (χ2v) is 17.7. The van der Waals surface area contributed by atoms with E-state index >= 15 is 0 Å². The van der Waals surface area contributed by atoms with Gasteiger partial charge in [0.1, 0.15) is 55.4 Å². The molecule has 382 valence electrons. The van der Waals surface area contributed by atoms with Gasteiger partial charge in [0.25, 0.3) is 0 Å². The number of allylic oxidation sites excluding steroid dienone is 7. The maximum Gasteiger partial charge on any atom is 0.306 e. The first-order valence-corrected chi connectivity index (χ1v) is 25.2. The quantitative estimate of drug-likeness (QED) is 0.0193. The van der Waals surface area contributed by atoms with Crippen LogP contribution in [-0.4, -0.2) is 142 Å². The topological polar surface area (TPSA) is 231 Å². The van der Waals surface area contributed by atoms with E-state index in [1.807, 2.05) is 6.08 Å². The molecule has 4 unspecified atom stereocenters. The van der Waals surface area contributed by atoms with E-state index in [1.54, 1.807) is 0 Å². The van der Waals surface area contributed by atoms with Gasteiger partial charge in [-0.15, -0.1) is 6.58 Å². The van der Waals surface area contributed by atoms with Gasteiger partial charge in [0.15, 0.2) is 18.7 Å². The Morgan fingerprint density at radius 3 is 1.53 bits per heavy atom. The lowest BCUT2D eigenvalue weighted by atomic mass is 9.98. The molecule has 66 heavy (non-hydrogen) atoms. The van der Waals surface area contributed by atoms with Crippen LogP contribution >= 0.6 is 0 Å². The van der Waals surface area contributed by atoms with E-state index in [1.165, 1.54) is 57.8 Å². The number of rotatable bonds is 39. The van der Waals surface area contributed by atoms with Crippen molar-refractivity contribution in [3.63, 3.8) is 0 Å². The van der Waals surface area contributed by atoms with Crippen LogP contribution in [0, 0.1) is 0 Å². The van der Waals surface area contributed by atoms with E-state index in [-0.39, 0.29) is 19.4 Å². The maximum atomic E-state index is 13.0. The summed E-state index contributed by atoms with van der Waals surface area (Å²) in [5.41, 5.74) is 0. The Balaban J connectivity index is 1.82. The molecule has 2 fully saturated rings. The van der Waals surface area contributed by atoms with Crippen LogP contribution in [0.2, 0.25) is 0 Å². The standard InChI is InChI=1S/C51H88O15/c1-3-5-7-9-11-13-15-17-19-21-23-25-27-29-31-33-42(53)61-36-39(64-43(54)34-32-30-28-26-24-22-20-18-16-14-12-10-8-6-4-2)37-62-50-49(60)47(58)45(56)41(66-50)38-63-51-48(59)46(57)44(55)40(35-52)65-51/h3,6,8,12,14,18,20,39-41,44-52,55-60H,1,4-5,7,9-11,13,15-17,19,21-38H2,2H3/b8-6+,14-12+,20-18+/t39-,40-,41-,44+,45+,46?,47?,48?,49?,50-,51-/m1/s1. The number of carbonyl (C=O) groups excluding carboxylic acids is 2. The van der Waals surface area contributed by atoms with Crippen LogP contribution in [0.4, 0.5) is 0 Å². The van der Waals surface area contributed by atoms with Gasteiger partial charge in [0.05, 0.1) is 19.8 Å². The van der Waals surface area contributed by atoms with Crippen molar-refractivity contribution in [3.8, 4) is 0 Å². The molecule has 0 radical (unpaired) electrons. The third-order valence-electron chi connectivity index (χ3n) is 11.9. The minimum atomic E-state index is -1.77. The van der Waals surface area contributed by atoms with Gasteiger partial charge in [0.2, 0.25) is 0 Å². The molecule has 0 aromatic carbocycles. The number of aliphatic hydroxyl groups excluding tert-OH is 7. The van der Waals surface area contributed by atoms with Crippen molar-refractivity contribution < 1.29 is 73.8 Å². The first-order valence-electron chi connectivity index (χ1n) is 25.2. The largest absolute Gasteiger partial charge is 0.462 e. The molecule has 0 amide bonds. The minimum Gasteiger partial charge on any atom is -0.462 e. The van der Waals surface area contributed by atoms with Gasteiger partial charge in [-0.2, -0.15) is 0 Å². The monoisotopic (exact) mass is 941 g/mol. The zero-order valence-corrected chi connectivity index (χ0v) is 40.0. The summed E-state index contributed by atoms with van der Waals surface area (Å²) in [6.45, 7) is 3.98. The molecule has 15 nitrogen and oxygen atoms in total. The first-order chi connectivity index (χ1) is 32.0. The summed E-state index contributed by atoms with van der Waals surface area (Å²) in [5.74, 6) is -0.948. The normalized spacial score (nSPS) is 26.4. The van der Waals surface area contributed by atoms with E-state index in [2.05, 4.69) is 50.0 Å². The van der Waals surface area contributed by atoms with E-state index in [0.717, 1.165) is 77.0 Å². The Morgan fingerprint density at radius 2 is 0.985 bits per heavy atom. The van der Waals surface area contributed by atoms with Crippen molar-refractivity contribution in [3.05, 3.63) is 49.1 Å². The Hall–Kier alpha value is -2.54. The van der Waals surface area contributed by atoms with Crippen LogP contribution in [0.15, 0.2) is 49.1 Å². The van der Waals surface area contributed by atoms with Gasteiger partial charge in [-0.05, 0) is 57.8 Å². The van der Waals surface area contributed by atoms with Gasteiger partial charge in [0, 0.05) is 12.8 Å². The Morgan fingerprint density at radius 1 is 0.530 bits per heavy atom. The molecule has 2 aliphatic rings. The first kappa shape index (κ1) is 59.6. The second-order valence-electron chi connectivity index (χ2n) is 17.7. The Labute approximate surface area is 395 Å². The predicted octanol–water partition coefficient (Wildman–Crippen LogP) is 6.71. The van der Waals surface area contributed by atoms with Gasteiger partial charge in [-0.1, -0.05) is 139 Å². The molecule has 0 aromatic rings. The number of unbranched alkanes of at least 4 members (excludes halogenated alkanes) is 18. The smallest absolute Gasteiger partial charge is 0.306 e. The van der Waals surface area contributed by atoms with Crippen molar-refractivity contribution in [2.75, 3.05) is 26.4 Å². The third kappa shape index (κ3) is 26.3. The second kappa shape index (κ2) is 38.3. The molecule has 2 heterocycles. The molecular formula is C51H88O15. The average Bonchev–Trinajstić information content (AvgIpc) is 3.31. The average molecular weight is 941 g/mol. The van der Waals surface area contributed by atoms with Gasteiger partial charge < -0.3 is 64.2 Å². The van der Waals surface area contributed by atoms with Crippen LogP contribution in [0.5, 0.6) is 0 Å². The molecule has 0 aromatic heterocycles. The van der Waals surface area contributed by atoms with Crippen molar-refractivity contribution in [1.82, 2.24) is 0 Å².